The van der Waals surface area contributed by atoms with Crippen LogP contribution < -0.4 is 0 Å². The number of hydrogen-bond acceptors (Lipinski definition) is 3. The average molecular weight is 561 g/mol. The van der Waals surface area contributed by atoms with Crippen LogP contribution in [-0.4, -0.2) is 14.1 Å². The van der Waals surface area contributed by atoms with Crippen LogP contribution in [0.1, 0.15) is 16.7 Å². The molecule has 3 aromatic carbocycles. The highest BCUT2D eigenvalue weighted by Crippen LogP contribution is 2.24. The van der Waals surface area contributed by atoms with Gasteiger partial charge in [0.1, 0.15) is 0 Å². The Morgan fingerprint density at radius 2 is 0.839 bits per heavy atom. The third-order valence-electron chi connectivity index (χ3n) is 4.52. The summed E-state index contributed by atoms with van der Waals surface area (Å²) in [7, 11) is -3.03. The second-order valence-corrected chi connectivity index (χ2v) is 11.7. The topological polar surface area (TPSA) is 27.7 Å². The van der Waals surface area contributed by atoms with E-state index in [1.165, 1.54) is 0 Å². The van der Waals surface area contributed by atoms with Gasteiger partial charge >= 0.3 is 8.80 Å². The van der Waals surface area contributed by atoms with Gasteiger partial charge in [-0.15, -0.1) is 0 Å². The van der Waals surface area contributed by atoms with Crippen molar-refractivity contribution in [1.82, 2.24) is 0 Å². The zero-order valence-corrected chi connectivity index (χ0v) is 21.6. The van der Waals surface area contributed by atoms with E-state index in [0.29, 0.717) is 46.3 Å². The van der Waals surface area contributed by atoms with Crippen LogP contribution in [0.25, 0.3) is 0 Å². The van der Waals surface area contributed by atoms with E-state index < -0.39 is 8.80 Å². The van der Waals surface area contributed by atoms with E-state index in [1.807, 2.05) is 72.8 Å². The molecular weight excluding hydrogens is 539 g/mol. The molecule has 0 spiro atoms. The van der Waals surface area contributed by atoms with Gasteiger partial charge in [0, 0.05) is 26.4 Å². The Kier molecular flexibility index (Phi) is 9.88. The van der Waals surface area contributed by atoms with Crippen molar-refractivity contribution in [2.24, 2.45) is 0 Å². The monoisotopic (exact) mass is 558 g/mol. The fourth-order valence-electron chi connectivity index (χ4n) is 2.78. The van der Waals surface area contributed by atoms with Gasteiger partial charge in [0.15, 0.2) is 0 Å². The van der Waals surface area contributed by atoms with E-state index in [4.69, 9.17) is 48.1 Å². The fraction of sp³-hybridized carbons (Fsp3) is 0.217. The van der Waals surface area contributed by atoms with Crippen molar-refractivity contribution >= 4 is 59.5 Å². The minimum absolute atomic E-state index is 0.373. The molecule has 164 valence electrons. The first-order valence-electron chi connectivity index (χ1n) is 9.69. The predicted octanol–water partition coefficient (Wildman–Crippen LogP) is 7.93. The molecule has 0 aliphatic heterocycles. The summed E-state index contributed by atoms with van der Waals surface area (Å²) in [6.45, 7) is 1.12. The Balaban J connectivity index is 1.75. The zero-order valence-electron chi connectivity index (χ0n) is 16.7. The summed E-state index contributed by atoms with van der Waals surface area (Å²) < 4.78 is 19.1. The molecule has 0 aromatic heterocycles. The molecule has 0 atom stereocenters. The molecule has 3 nitrogen and oxygen atoms in total. The predicted molar refractivity (Wildman–Crippen MR) is 133 cm³/mol. The lowest BCUT2D eigenvalue weighted by molar-refractivity contribution is 0.0442. The fourth-order valence-corrected chi connectivity index (χ4v) is 6.69. The highest BCUT2D eigenvalue weighted by Gasteiger charge is 2.41. The van der Waals surface area contributed by atoms with Gasteiger partial charge in [0.2, 0.25) is 0 Å². The minimum Gasteiger partial charge on any atom is -0.369 e. The maximum absolute atomic E-state index is 6.36. The standard InChI is InChI=1S/C23H22BrCl3O3Si/c24-13-14-31(28-15-18-1-7-21(25)8-2-18,29-16-19-3-9-22(26)10-4-19)30-17-20-5-11-23(27)12-6-20/h1-12H,13-17H2. The van der Waals surface area contributed by atoms with Gasteiger partial charge < -0.3 is 13.3 Å². The van der Waals surface area contributed by atoms with E-state index in [0.717, 1.165) is 16.7 Å². The number of halogens is 4. The summed E-state index contributed by atoms with van der Waals surface area (Å²) in [5, 5.41) is 2.75. The Labute approximate surface area is 207 Å². The van der Waals surface area contributed by atoms with Crippen molar-refractivity contribution in [3.63, 3.8) is 0 Å². The Morgan fingerprint density at radius 3 is 1.10 bits per heavy atom. The molecule has 0 aliphatic rings. The Morgan fingerprint density at radius 1 is 0.548 bits per heavy atom. The normalized spacial score (nSPS) is 11.6. The van der Waals surface area contributed by atoms with Gasteiger partial charge in [-0.25, -0.2) is 0 Å². The van der Waals surface area contributed by atoms with Crippen molar-refractivity contribution in [3.8, 4) is 0 Å². The highest BCUT2D eigenvalue weighted by atomic mass is 79.9. The summed E-state index contributed by atoms with van der Waals surface area (Å²) in [5.74, 6) is 0. The molecule has 0 aliphatic carbocycles. The van der Waals surface area contributed by atoms with E-state index >= 15 is 0 Å². The molecule has 31 heavy (non-hydrogen) atoms. The van der Waals surface area contributed by atoms with Gasteiger partial charge in [0.05, 0.1) is 19.8 Å². The van der Waals surface area contributed by atoms with Gasteiger partial charge in [0.25, 0.3) is 0 Å². The molecule has 0 saturated heterocycles. The average Bonchev–Trinajstić information content (AvgIpc) is 2.78. The lowest BCUT2D eigenvalue weighted by Gasteiger charge is -2.29. The number of hydrogen-bond donors (Lipinski definition) is 0. The second kappa shape index (κ2) is 12.4. The number of alkyl halides is 1. The Hall–Kier alpha value is -0.893. The molecule has 0 saturated carbocycles. The van der Waals surface area contributed by atoms with Crippen LogP contribution in [0.4, 0.5) is 0 Å². The molecule has 0 unspecified atom stereocenters. The van der Waals surface area contributed by atoms with Crippen LogP contribution in [-0.2, 0) is 33.1 Å². The molecule has 8 heteroatoms. The molecule has 0 heterocycles. The number of rotatable bonds is 11. The second-order valence-electron chi connectivity index (χ2n) is 6.87. The SMILES string of the molecule is Clc1ccc(CO[Si](CCBr)(OCc2ccc(Cl)cc2)OCc2ccc(Cl)cc2)cc1. The molecule has 0 bridgehead atoms. The van der Waals surface area contributed by atoms with Crippen molar-refractivity contribution in [2.45, 2.75) is 25.9 Å². The lowest BCUT2D eigenvalue weighted by Crippen LogP contribution is -2.45. The summed E-state index contributed by atoms with van der Waals surface area (Å²) in [4.78, 5) is 0. The number of benzene rings is 3. The smallest absolute Gasteiger partial charge is 0.369 e. The van der Waals surface area contributed by atoms with Crippen LogP contribution in [0.3, 0.4) is 0 Å². The van der Waals surface area contributed by atoms with E-state index in [2.05, 4.69) is 15.9 Å². The molecule has 3 rings (SSSR count). The molecule has 0 fully saturated rings. The third kappa shape index (κ3) is 8.19. The van der Waals surface area contributed by atoms with Crippen molar-refractivity contribution in [1.29, 1.82) is 0 Å². The molecule has 0 amide bonds. The summed E-state index contributed by atoms with van der Waals surface area (Å²) >= 11 is 21.5. The summed E-state index contributed by atoms with van der Waals surface area (Å²) in [6.07, 6.45) is 0. The largest absolute Gasteiger partial charge is 0.502 e. The van der Waals surface area contributed by atoms with E-state index in [1.54, 1.807) is 0 Å². The molecule has 0 N–H and O–H groups in total. The first-order chi connectivity index (χ1) is 15.0. The minimum atomic E-state index is -3.03. The molecular formula is C23H22BrCl3O3Si. The lowest BCUT2D eigenvalue weighted by atomic mass is 10.2. The van der Waals surface area contributed by atoms with Crippen LogP contribution in [0, 0.1) is 0 Å². The van der Waals surface area contributed by atoms with Gasteiger partial charge in [-0.3, -0.25) is 0 Å². The quantitative estimate of drug-likeness (QED) is 0.176. The van der Waals surface area contributed by atoms with E-state index in [-0.39, 0.29) is 0 Å². The van der Waals surface area contributed by atoms with Crippen molar-refractivity contribution in [3.05, 3.63) is 105 Å². The first kappa shape index (κ1) is 24.7. The van der Waals surface area contributed by atoms with Crippen LogP contribution >= 0.6 is 50.7 Å². The van der Waals surface area contributed by atoms with Crippen LogP contribution in [0.2, 0.25) is 21.1 Å². The van der Waals surface area contributed by atoms with Crippen LogP contribution in [0.15, 0.2) is 72.8 Å². The van der Waals surface area contributed by atoms with Crippen molar-refractivity contribution < 1.29 is 13.3 Å². The zero-order chi connectivity index (χ0) is 22.1. The molecule has 0 radical (unpaired) electrons. The Bertz CT molecular complexity index is 817. The van der Waals surface area contributed by atoms with E-state index in [9.17, 15) is 0 Å². The van der Waals surface area contributed by atoms with Gasteiger partial charge in [-0.1, -0.05) is 87.1 Å². The van der Waals surface area contributed by atoms with Crippen LogP contribution in [0.5, 0.6) is 0 Å². The van der Waals surface area contributed by atoms with Gasteiger partial charge in [-0.05, 0) is 53.1 Å². The van der Waals surface area contributed by atoms with Crippen molar-refractivity contribution in [2.75, 3.05) is 5.33 Å². The summed E-state index contributed by atoms with van der Waals surface area (Å²) in [5.41, 5.74) is 3.00. The third-order valence-corrected chi connectivity index (χ3v) is 9.02. The van der Waals surface area contributed by atoms with Gasteiger partial charge in [-0.2, -0.15) is 0 Å². The maximum Gasteiger partial charge on any atom is 0.502 e. The maximum atomic E-state index is 6.36. The summed E-state index contributed by atoms with van der Waals surface area (Å²) in [6, 6.07) is 23.3. The molecule has 3 aromatic rings. The highest BCUT2D eigenvalue weighted by molar-refractivity contribution is 9.09. The first-order valence-corrected chi connectivity index (χ1v) is 13.9.